The molecule has 0 fully saturated rings. The van der Waals surface area contributed by atoms with E-state index in [0.29, 0.717) is 6.61 Å². The second kappa shape index (κ2) is 9.27. The molecule has 5 heteroatoms. The Morgan fingerprint density at radius 3 is 2.40 bits per heavy atom. The van der Waals surface area contributed by atoms with Crippen LogP contribution in [0.2, 0.25) is 0 Å². The molecule has 0 aliphatic rings. The molecule has 0 rings (SSSR count). The van der Waals surface area contributed by atoms with Gasteiger partial charge in [-0.2, -0.15) is 4.89 Å². The zero-order valence-electron chi connectivity index (χ0n) is 5.99. The zero-order chi connectivity index (χ0) is 7.11. The molecule has 10 heavy (non-hydrogen) atoms. The maximum absolute atomic E-state index is 10.0. The Balaban J connectivity index is 0. The third-order valence-corrected chi connectivity index (χ3v) is 0.547. The minimum Gasteiger partial charge on any atom is -0.382 e. The van der Waals surface area contributed by atoms with Crippen LogP contribution in [0.5, 0.6) is 0 Å². The standard InChI is InChI=1S/C5H10O4.Bi/c1-5(6)9-8-4-3-7-2;/h3-4H2,1-2H3;. The second-order valence-corrected chi connectivity index (χ2v) is 1.39. The van der Waals surface area contributed by atoms with Crippen molar-refractivity contribution in [3.63, 3.8) is 0 Å². The molecule has 4 nitrogen and oxygen atoms in total. The molecule has 0 saturated heterocycles. The molecule has 0 aliphatic carbocycles. The summed E-state index contributed by atoms with van der Waals surface area (Å²) < 4.78 is 4.61. The van der Waals surface area contributed by atoms with E-state index >= 15 is 0 Å². The predicted octanol–water partition coefficient (Wildman–Crippen LogP) is -0.253. The molecule has 0 aromatic rings. The molecule has 0 heterocycles. The average Bonchev–Trinajstić information content (AvgIpc) is 1.80. The molecule has 0 N–H and O–H groups in total. The van der Waals surface area contributed by atoms with E-state index in [4.69, 9.17) is 0 Å². The van der Waals surface area contributed by atoms with E-state index in [9.17, 15) is 4.79 Å². The third kappa shape index (κ3) is 11.1. The van der Waals surface area contributed by atoms with Gasteiger partial charge in [0.1, 0.15) is 6.61 Å². The topological polar surface area (TPSA) is 44.8 Å². The van der Waals surface area contributed by atoms with Crippen LogP contribution in [0.3, 0.4) is 0 Å². The summed E-state index contributed by atoms with van der Waals surface area (Å²) in [6.45, 7) is 1.97. The average molecular weight is 343 g/mol. The van der Waals surface area contributed by atoms with Gasteiger partial charge in [-0.15, -0.1) is 0 Å². The molecule has 0 unspecified atom stereocenters. The maximum Gasteiger partial charge on any atom is 0.339 e. The number of ether oxygens (including phenoxy) is 1. The monoisotopic (exact) mass is 343 g/mol. The van der Waals surface area contributed by atoms with E-state index in [-0.39, 0.29) is 32.8 Å². The summed E-state index contributed by atoms with van der Waals surface area (Å²) in [6, 6.07) is 0. The van der Waals surface area contributed by atoms with Crippen LogP contribution in [-0.4, -0.2) is 52.5 Å². The minimum absolute atomic E-state index is 0. The van der Waals surface area contributed by atoms with Crippen molar-refractivity contribution in [2.24, 2.45) is 0 Å². The molecular weight excluding hydrogens is 333 g/mol. The quantitative estimate of drug-likeness (QED) is 0.306. The Bertz CT molecular complexity index is 85.7. The third-order valence-electron chi connectivity index (χ3n) is 0.547. The van der Waals surface area contributed by atoms with Crippen molar-refractivity contribution in [1.29, 1.82) is 0 Å². The smallest absolute Gasteiger partial charge is 0.339 e. The van der Waals surface area contributed by atoms with Crippen LogP contribution in [-0.2, 0) is 19.3 Å². The molecule has 59 valence electrons. The van der Waals surface area contributed by atoms with Gasteiger partial charge in [0.15, 0.2) is 0 Å². The molecular formula is C5H10BiO4. The predicted molar refractivity (Wildman–Crippen MR) is 35.3 cm³/mol. The van der Waals surface area contributed by atoms with E-state index in [1.165, 1.54) is 14.0 Å². The molecule has 0 spiro atoms. The first-order valence-electron chi connectivity index (χ1n) is 2.56. The fraction of sp³-hybridized carbons (Fsp3) is 0.800. The first-order chi connectivity index (χ1) is 4.27. The normalized spacial score (nSPS) is 8.20. The first-order valence-corrected chi connectivity index (χ1v) is 2.56. The molecule has 0 atom stereocenters. The van der Waals surface area contributed by atoms with Crippen molar-refractivity contribution in [2.45, 2.75) is 6.92 Å². The molecule has 0 saturated carbocycles. The van der Waals surface area contributed by atoms with Crippen LogP contribution in [0, 0.1) is 0 Å². The molecule has 0 aliphatic heterocycles. The van der Waals surface area contributed by atoms with E-state index in [1.54, 1.807) is 0 Å². The summed E-state index contributed by atoms with van der Waals surface area (Å²) in [7, 11) is 1.54. The molecule has 0 aromatic heterocycles. The maximum atomic E-state index is 10.0. The van der Waals surface area contributed by atoms with E-state index in [2.05, 4.69) is 14.5 Å². The summed E-state index contributed by atoms with van der Waals surface area (Å²) in [4.78, 5) is 18.5. The Morgan fingerprint density at radius 2 is 2.00 bits per heavy atom. The summed E-state index contributed by atoms with van der Waals surface area (Å²) in [5.41, 5.74) is 0. The molecule has 0 amide bonds. The van der Waals surface area contributed by atoms with Gasteiger partial charge in [-0.25, -0.2) is 4.79 Å². The number of carbonyl (C=O) groups excluding carboxylic acids is 1. The van der Waals surface area contributed by atoms with Gasteiger partial charge >= 0.3 is 5.97 Å². The van der Waals surface area contributed by atoms with E-state index in [0.717, 1.165) is 0 Å². The van der Waals surface area contributed by atoms with Crippen LogP contribution < -0.4 is 0 Å². The van der Waals surface area contributed by atoms with Crippen molar-refractivity contribution in [3.05, 3.63) is 0 Å². The van der Waals surface area contributed by atoms with Crippen molar-refractivity contribution in [3.8, 4) is 0 Å². The Kier molecular flexibility index (Phi) is 12.0. The van der Waals surface area contributed by atoms with E-state index < -0.39 is 5.97 Å². The zero-order valence-corrected chi connectivity index (χ0v) is 9.47. The van der Waals surface area contributed by atoms with Crippen LogP contribution in [0.1, 0.15) is 6.92 Å². The number of hydrogen-bond donors (Lipinski definition) is 0. The largest absolute Gasteiger partial charge is 0.382 e. The molecule has 0 bridgehead atoms. The van der Waals surface area contributed by atoms with Gasteiger partial charge in [0, 0.05) is 40.2 Å². The Morgan fingerprint density at radius 1 is 1.40 bits per heavy atom. The van der Waals surface area contributed by atoms with Gasteiger partial charge in [0.05, 0.1) is 6.61 Å². The van der Waals surface area contributed by atoms with Crippen LogP contribution in [0.25, 0.3) is 0 Å². The number of hydrogen-bond acceptors (Lipinski definition) is 4. The van der Waals surface area contributed by atoms with Crippen LogP contribution in [0.4, 0.5) is 0 Å². The Labute approximate surface area is 78.9 Å². The second-order valence-electron chi connectivity index (χ2n) is 1.39. The molecule has 3 radical (unpaired) electrons. The van der Waals surface area contributed by atoms with Crippen molar-refractivity contribution >= 4 is 32.2 Å². The fourth-order valence-electron chi connectivity index (χ4n) is 0.242. The number of methoxy groups -OCH3 is 1. The van der Waals surface area contributed by atoms with Gasteiger partial charge in [-0.1, -0.05) is 0 Å². The first kappa shape index (κ1) is 12.9. The number of carbonyl (C=O) groups is 1. The fourth-order valence-corrected chi connectivity index (χ4v) is 0.242. The van der Waals surface area contributed by atoms with E-state index in [1.807, 2.05) is 0 Å². The van der Waals surface area contributed by atoms with Crippen LogP contribution >= 0.6 is 0 Å². The van der Waals surface area contributed by atoms with Crippen molar-refractivity contribution in [1.82, 2.24) is 0 Å². The van der Waals surface area contributed by atoms with Gasteiger partial charge < -0.3 is 4.74 Å². The summed E-state index contributed by atoms with van der Waals surface area (Å²) >= 11 is 0. The SMILES string of the molecule is COCCOOC(C)=O.[Bi]. The van der Waals surface area contributed by atoms with Crippen molar-refractivity contribution in [2.75, 3.05) is 20.3 Å². The van der Waals surface area contributed by atoms with Gasteiger partial charge in [0.25, 0.3) is 0 Å². The summed E-state index contributed by atoms with van der Waals surface area (Å²) in [5.74, 6) is -0.453. The van der Waals surface area contributed by atoms with Gasteiger partial charge in [0.2, 0.25) is 0 Å². The summed E-state index contributed by atoms with van der Waals surface area (Å²) in [5, 5.41) is 0. The summed E-state index contributed by atoms with van der Waals surface area (Å²) in [6.07, 6.45) is 0. The van der Waals surface area contributed by atoms with Crippen molar-refractivity contribution < 1.29 is 19.3 Å². The van der Waals surface area contributed by atoms with Crippen LogP contribution in [0.15, 0.2) is 0 Å². The van der Waals surface area contributed by atoms with Gasteiger partial charge in [-0.05, 0) is 0 Å². The minimum atomic E-state index is -0.453. The van der Waals surface area contributed by atoms with Gasteiger partial charge in [-0.3, -0.25) is 4.89 Å². The molecule has 0 aromatic carbocycles. The number of rotatable bonds is 4. The Hall–Kier alpha value is 0.273.